The van der Waals surface area contributed by atoms with Crippen molar-refractivity contribution in [2.24, 2.45) is 0 Å². The Morgan fingerprint density at radius 3 is 2.83 bits per heavy atom. The lowest BCUT2D eigenvalue weighted by Gasteiger charge is -2.37. The maximum absolute atomic E-state index is 12.4. The SMILES string of the molecule is CSc1cccc2c1CO[C@@]1(C)CN(C(=O)OC(C)(C)C)C[C@@H]21. The topological polar surface area (TPSA) is 38.8 Å². The lowest BCUT2D eigenvalue weighted by atomic mass is 9.81. The first kappa shape index (κ1) is 16.7. The van der Waals surface area contributed by atoms with Gasteiger partial charge in [-0.3, -0.25) is 0 Å². The number of hydrogen-bond donors (Lipinski definition) is 0. The number of likely N-dealkylation sites (tertiary alicyclic amines) is 1. The molecule has 126 valence electrons. The molecule has 0 bridgehead atoms. The quantitative estimate of drug-likeness (QED) is 0.726. The van der Waals surface area contributed by atoms with Crippen molar-refractivity contribution < 1.29 is 14.3 Å². The monoisotopic (exact) mass is 335 g/mol. The number of carbonyl (C=O) groups excluding carboxylic acids is 1. The number of nitrogens with zero attached hydrogens (tertiary/aromatic N) is 1. The molecule has 0 aromatic heterocycles. The second-order valence-corrected chi connectivity index (χ2v) is 8.39. The second-order valence-electron chi connectivity index (χ2n) is 7.54. The highest BCUT2D eigenvalue weighted by Crippen LogP contribution is 2.46. The average Bonchev–Trinajstić information content (AvgIpc) is 2.83. The van der Waals surface area contributed by atoms with Gasteiger partial charge in [0.25, 0.3) is 0 Å². The largest absolute Gasteiger partial charge is 0.444 e. The van der Waals surface area contributed by atoms with Gasteiger partial charge in [-0.2, -0.15) is 0 Å². The third-order valence-electron chi connectivity index (χ3n) is 4.61. The fourth-order valence-corrected chi connectivity index (χ4v) is 4.14. The van der Waals surface area contributed by atoms with E-state index in [0.717, 1.165) is 0 Å². The highest BCUT2D eigenvalue weighted by molar-refractivity contribution is 7.98. The summed E-state index contributed by atoms with van der Waals surface area (Å²) in [4.78, 5) is 15.5. The Morgan fingerprint density at radius 2 is 2.17 bits per heavy atom. The van der Waals surface area contributed by atoms with Crippen molar-refractivity contribution in [3.05, 3.63) is 29.3 Å². The van der Waals surface area contributed by atoms with Crippen molar-refractivity contribution >= 4 is 17.9 Å². The Hall–Kier alpha value is -1.20. The molecule has 0 saturated carbocycles. The van der Waals surface area contributed by atoms with Crippen LogP contribution in [0.5, 0.6) is 0 Å². The molecule has 0 aliphatic carbocycles. The van der Waals surface area contributed by atoms with E-state index in [1.54, 1.807) is 16.7 Å². The molecule has 1 aromatic carbocycles. The minimum absolute atomic E-state index is 0.200. The Labute approximate surface area is 142 Å². The van der Waals surface area contributed by atoms with Crippen LogP contribution in [0.15, 0.2) is 23.1 Å². The van der Waals surface area contributed by atoms with Crippen molar-refractivity contribution in [1.82, 2.24) is 4.90 Å². The van der Waals surface area contributed by atoms with Gasteiger partial charge < -0.3 is 14.4 Å². The average molecular weight is 335 g/mol. The van der Waals surface area contributed by atoms with Gasteiger partial charge in [-0.05, 0) is 51.1 Å². The predicted molar refractivity (Wildman–Crippen MR) is 92.0 cm³/mol. The molecule has 2 atom stereocenters. The molecule has 1 saturated heterocycles. The number of fused-ring (bicyclic) bond motifs is 3. The van der Waals surface area contributed by atoms with Crippen LogP contribution in [0.4, 0.5) is 4.79 Å². The Morgan fingerprint density at radius 1 is 1.43 bits per heavy atom. The lowest BCUT2D eigenvalue weighted by Crippen LogP contribution is -2.41. The van der Waals surface area contributed by atoms with E-state index >= 15 is 0 Å². The summed E-state index contributed by atoms with van der Waals surface area (Å²) in [5.41, 5.74) is 1.78. The molecule has 1 amide bonds. The van der Waals surface area contributed by atoms with Crippen LogP contribution in [0.1, 0.15) is 44.7 Å². The van der Waals surface area contributed by atoms with Crippen LogP contribution in [-0.4, -0.2) is 41.5 Å². The molecule has 1 aromatic rings. The molecular formula is C18H25NO3S. The Kier molecular flexibility index (Phi) is 4.13. The molecular weight excluding hydrogens is 310 g/mol. The Bertz CT molecular complexity index is 625. The lowest BCUT2D eigenvalue weighted by molar-refractivity contribution is -0.0585. The van der Waals surface area contributed by atoms with E-state index in [-0.39, 0.29) is 17.6 Å². The standard InChI is InChI=1S/C18H25NO3S/c1-17(2,3)22-16(20)19-9-14-12-7-6-8-15(23-5)13(12)10-21-18(14,4)11-19/h6-8,14H,9-11H2,1-5H3/t14-,18-/m0/s1. The summed E-state index contributed by atoms with van der Waals surface area (Å²) in [6.45, 7) is 9.63. The molecule has 2 aliphatic heterocycles. The van der Waals surface area contributed by atoms with Crippen LogP contribution >= 0.6 is 11.8 Å². The van der Waals surface area contributed by atoms with Crippen molar-refractivity contribution in [2.45, 2.75) is 56.3 Å². The third kappa shape index (κ3) is 3.09. The summed E-state index contributed by atoms with van der Waals surface area (Å²) < 4.78 is 11.7. The highest BCUT2D eigenvalue weighted by Gasteiger charge is 2.50. The summed E-state index contributed by atoms with van der Waals surface area (Å²) in [6, 6.07) is 6.42. The number of rotatable bonds is 1. The van der Waals surface area contributed by atoms with Gasteiger partial charge in [0.1, 0.15) is 5.60 Å². The van der Waals surface area contributed by atoms with Gasteiger partial charge in [0.05, 0.1) is 18.8 Å². The van der Waals surface area contributed by atoms with Crippen LogP contribution in [0.25, 0.3) is 0 Å². The zero-order valence-corrected chi connectivity index (χ0v) is 15.3. The van der Waals surface area contributed by atoms with Gasteiger partial charge >= 0.3 is 6.09 Å². The van der Waals surface area contributed by atoms with Crippen molar-refractivity contribution in [2.75, 3.05) is 19.3 Å². The maximum Gasteiger partial charge on any atom is 0.410 e. The number of thioether (sulfide) groups is 1. The number of carbonyl (C=O) groups is 1. The minimum atomic E-state index is -0.476. The van der Waals surface area contributed by atoms with Gasteiger partial charge in [0, 0.05) is 17.4 Å². The van der Waals surface area contributed by atoms with Crippen LogP contribution < -0.4 is 0 Å². The molecule has 0 spiro atoms. The van der Waals surface area contributed by atoms with Gasteiger partial charge in [0.2, 0.25) is 0 Å². The van der Waals surface area contributed by atoms with Crippen LogP contribution in [0, 0.1) is 0 Å². The summed E-state index contributed by atoms with van der Waals surface area (Å²) in [6.07, 6.45) is 1.84. The first-order valence-corrected chi connectivity index (χ1v) is 9.24. The van der Waals surface area contributed by atoms with Crippen LogP contribution in [0.2, 0.25) is 0 Å². The fourth-order valence-electron chi connectivity index (χ4n) is 3.50. The van der Waals surface area contributed by atoms with E-state index in [9.17, 15) is 4.79 Å². The molecule has 0 radical (unpaired) electrons. The zero-order chi connectivity index (χ0) is 16.8. The number of amides is 1. The van der Waals surface area contributed by atoms with Gasteiger partial charge in [-0.15, -0.1) is 11.8 Å². The van der Waals surface area contributed by atoms with Gasteiger partial charge in [0.15, 0.2) is 0 Å². The van der Waals surface area contributed by atoms with Crippen LogP contribution in [-0.2, 0) is 16.1 Å². The zero-order valence-electron chi connectivity index (χ0n) is 14.5. The minimum Gasteiger partial charge on any atom is -0.444 e. The number of ether oxygens (including phenoxy) is 2. The molecule has 23 heavy (non-hydrogen) atoms. The second kappa shape index (κ2) is 5.71. The van der Waals surface area contributed by atoms with E-state index in [0.29, 0.717) is 19.7 Å². The fraction of sp³-hybridized carbons (Fsp3) is 0.611. The van der Waals surface area contributed by atoms with Gasteiger partial charge in [-0.1, -0.05) is 12.1 Å². The van der Waals surface area contributed by atoms with E-state index in [1.807, 2.05) is 20.8 Å². The molecule has 2 aliphatic rings. The summed E-state index contributed by atoms with van der Waals surface area (Å²) in [5, 5.41) is 0. The Balaban J connectivity index is 1.87. The molecule has 5 heteroatoms. The number of hydrogen-bond acceptors (Lipinski definition) is 4. The van der Waals surface area contributed by atoms with Crippen molar-refractivity contribution in [3.63, 3.8) is 0 Å². The first-order valence-electron chi connectivity index (χ1n) is 8.01. The maximum atomic E-state index is 12.4. The summed E-state index contributed by atoms with van der Waals surface area (Å²) in [7, 11) is 0. The predicted octanol–water partition coefficient (Wildman–Crippen LogP) is 4.03. The smallest absolute Gasteiger partial charge is 0.410 e. The molecule has 4 nitrogen and oxygen atoms in total. The van der Waals surface area contributed by atoms with Crippen LogP contribution in [0.3, 0.4) is 0 Å². The molecule has 3 rings (SSSR count). The number of benzene rings is 1. The van der Waals surface area contributed by atoms with Crippen molar-refractivity contribution in [3.8, 4) is 0 Å². The third-order valence-corrected chi connectivity index (χ3v) is 5.43. The van der Waals surface area contributed by atoms with E-state index in [4.69, 9.17) is 9.47 Å². The summed E-state index contributed by atoms with van der Waals surface area (Å²) in [5.74, 6) is 0.200. The van der Waals surface area contributed by atoms with E-state index in [1.165, 1.54) is 16.0 Å². The summed E-state index contributed by atoms with van der Waals surface area (Å²) >= 11 is 1.75. The van der Waals surface area contributed by atoms with Crippen molar-refractivity contribution in [1.29, 1.82) is 0 Å². The van der Waals surface area contributed by atoms with Gasteiger partial charge in [-0.25, -0.2) is 4.79 Å². The van der Waals surface area contributed by atoms with E-state index < -0.39 is 5.60 Å². The normalized spacial score (nSPS) is 26.7. The molecule has 2 heterocycles. The molecule has 1 fully saturated rings. The highest BCUT2D eigenvalue weighted by atomic mass is 32.2. The molecule has 0 N–H and O–H groups in total. The van der Waals surface area contributed by atoms with E-state index in [2.05, 4.69) is 31.4 Å². The molecule has 0 unspecified atom stereocenters. The first-order chi connectivity index (χ1) is 10.7.